The van der Waals surface area contributed by atoms with Crippen LogP contribution in [0.1, 0.15) is 66.0 Å². The van der Waals surface area contributed by atoms with Crippen molar-refractivity contribution in [3.05, 3.63) is 29.0 Å². The SMILES string of the molecule is CC(C)(C)OC(=O)N[C@@H](C(=O)C1CCN(C(=O)OC(C)(C)C)CC1)c1cccnc1Cl. The van der Waals surface area contributed by atoms with Crippen molar-refractivity contribution in [2.45, 2.75) is 71.6 Å². The second-order valence-corrected chi connectivity index (χ2v) is 9.96. The number of halogens is 1. The normalized spacial score (nSPS) is 16.4. The zero-order chi connectivity index (χ0) is 23.4. The summed E-state index contributed by atoms with van der Waals surface area (Å²) in [5, 5.41) is 2.79. The minimum atomic E-state index is -0.992. The number of Topliss-reactive ketones (excluding diaryl/α,β-unsaturated/α-hetero) is 1. The van der Waals surface area contributed by atoms with E-state index in [4.69, 9.17) is 21.1 Å². The van der Waals surface area contributed by atoms with Crippen molar-refractivity contribution >= 4 is 29.6 Å². The molecular formula is C22H32ClN3O5. The van der Waals surface area contributed by atoms with Crippen molar-refractivity contribution in [2.75, 3.05) is 13.1 Å². The highest BCUT2D eigenvalue weighted by atomic mass is 35.5. The van der Waals surface area contributed by atoms with Gasteiger partial charge in [-0.3, -0.25) is 4.79 Å². The minimum absolute atomic E-state index is 0.142. The largest absolute Gasteiger partial charge is 0.444 e. The number of rotatable bonds is 4. The molecule has 0 spiro atoms. The summed E-state index contributed by atoms with van der Waals surface area (Å²) in [5.74, 6) is -0.542. The number of nitrogens with zero attached hydrogens (tertiary/aromatic N) is 2. The van der Waals surface area contributed by atoms with Gasteiger partial charge in [-0.05, 0) is 60.5 Å². The summed E-state index contributed by atoms with van der Waals surface area (Å²) in [7, 11) is 0. The molecule has 0 saturated carbocycles. The third-order valence-corrected chi connectivity index (χ3v) is 4.91. The van der Waals surface area contributed by atoms with E-state index in [9.17, 15) is 14.4 Å². The fourth-order valence-electron chi connectivity index (χ4n) is 3.25. The van der Waals surface area contributed by atoms with Gasteiger partial charge in [-0.2, -0.15) is 0 Å². The molecule has 8 nitrogen and oxygen atoms in total. The maximum atomic E-state index is 13.4. The van der Waals surface area contributed by atoms with Gasteiger partial charge in [0.25, 0.3) is 0 Å². The molecule has 1 aromatic heterocycles. The molecule has 0 aliphatic carbocycles. The van der Waals surface area contributed by atoms with Crippen LogP contribution in [-0.4, -0.2) is 52.1 Å². The molecule has 9 heteroatoms. The molecule has 0 bridgehead atoms. The predicted octanol–water partition coefficient (Wildman–Crippen LogP) is 4.52. The quantitative estimate of drug-likeness (QED) is 0.673. The lowest BCUT2D eigenvalue weighted by Crippen LogP contribution is -2.45. The molecule has 31 heavy (non-hydrogen) atoms. The Morgan fingerprint density at radius 3 is 2.19 bits per heavy atom. The average molecular weight is 454 g/mol. The molecule has 0 radical (unpaired) electrons. The molecule has 2 rings (SSSR count). The van der Waals surface area contributed by atoms with Gasteiger partial charge in [-0.15, -0.1) is 0 Å². The van der Waals surface area contributed by atoms with E-state index in [1.54, 1.807) is 37.8 Å². The van der Waals surface area contributed by atoms with Crippen LogP contribution in [-0.2, 0) is 14.3 Å². The van der Waals surface area contributed by atoms with Crippen molar-refractivity contribution in [1.29, 1.82) is 0 Å². The van der Waals surface area contributed by atoms with Gasteiger partial charge in [0.05, 0.1) is 0 Å². The highest BCUT2D eigenvalue weighted by Gasteiger charge is 2.36. The van der Waals surface area contributed by atoms with Crippen LogP contribution >= 0.6 is 11.6 Å². The summed E-state index contributed by atoms with van der Waals surface area (Å²) in [5.41, 5.74) is -0.882. The number of nitrogens with one attached hydrogen (secondary N) is 1. The van der Waals surface area contributed by atoms with Crippen LogP contribution in [0.4, 0.5) is 9.59 Å². The van der Waals surface area contributed by atoms with E-state index in [1.807, 2.05) is 20.8 Å². The molecule has 1 saturated heterocycles. The molecule has 172 valence electrons. The number of ketones is 1. The molecule has 2 amide bonds. The first kappa shape index (κ1) is 24.9. The molecule has 1 N–H and O–H groups in total. The van der Waals surface area contributed by atoms with Gasteiger partial charge in [0.2, 0.25) is 0 Å². The van der Waals surface area contributed by atoms with E-state index in [-0.39, 0.29) is 16.9 Å². The Balaban J connectivity index is 2.12. The molecule has 2 heterocycles. The number of hydrogen-bond donors (Lipinski definition) is 1. The smallest absolute Gasteiger partial charge is 0.410 e. The maximum Gasteiger partial charge on any atom is 0.410 e. The highest BCUT2D eigenvalue weighted by molar-refractivity contribution is 6.30. The van der Waals surface area contributed by atoms with Gasteiger partial charge in [0.1, 0.15) is 22.4 Å². The van der Waals surface area contributed by atoms with Crippen LogP contribution < -0.4 is 5.32 Å². The number of piperidine rings is 1. The second kappa shape index (κ2) is 9.85. The summed E-state index contributed by atoms with van der Waals surface area (Å²) in [6.45, 7) is 11.5. The first-order chi connectivity index (χ1) is 14.3. The lowest BCUT2D eigenvalue weighted by molar-refractivity contribution is -0.126. The van der Waals surface area contributed by atoms with Crippen molar-refractivity contribution in [1.82, 2.24) is 15.2 Å². The third-order valence-electron chi connectivity index (χ3n) is 4.59. The first-order valence-electron chi connectivity index (χ1n) is 10.4. The van der Waals surface area contributed by atoms with Gasteiger partial charge in [0.15, 0.2) is 5.78 Å². The van der Waals surface area contributed by atoms with Gasteiger partial charge in [-0.25, -0.2) is 14.6 Å². The number of carbonyl (C=O) groups excluding carboxylic acids is 3. The zero-order valence-corrected chi connectivity index (χ0v) is 19.8. The highest BCUT2D eigenvalue weighted by Crippen LogP contribution is 2.29. The molecule has 0 aromatic carbocycles. The number of hydrogen-bond acceptors (Lipinski definition) is 6. The molecule has 1 aliphatic rings. The second-order valence-electron chi connectivity index (χ2n) is 9.61. The van der Waals surface area contributed by atoms with Gasteiger partial charge >= 0.3 is 12.2 Å². The molecule has 1 aliphatic heterocycles. The summed E-state index contributed by atoms with van der Waals surface area (Å²) in [4.78, 5) is 43.7. The Hall–Kier alpha value is -2.35. The Morgan fingerprint density at radius 2 is 1.68 bits per heavy atom. The number of amides is 2. The fourth-order valence-corrected chi connectivity index (χ4v) is 3.48. The fraction of sp³-hybridized carbons (Fsp3) is 0.636. The van der Waals surface area contributed by atoms with Crippen LogP contribution in [0.15, 0.2) is 18.3 Å². The number of pyridine rings is 1. The average Bonchev–Trinajstić information content (AvgIpc) is 2.63. The number of aromatic nitrogens is 1. The van der Waals surface area contributed by atoms with Gasteiger partial charge in [-0.1, -0.05) is 17.7 Å². The molecule has 1 aromatic rings. The summed E-state index contributed by atoms with van der Waals surface area (Å²) >= 11 is 6.22. The van der Waals surface area contributed by atoms with Crippen LogP contribution in [0.2, 0.25) is 5.15 Å². The van der Waals surface area contributed by atoms with E-state index < -0.39 is 29.4 Å². The zero-order valence-electron chi connectivity index (χ0n) is 19.0. The molecule has 1 fully saturated rings. The first-order valence-corrected chi connectivity index (χ1v) is 10.8. The Kier molecular flexibility index (Phi) is 7.92. The summed E-state index contributed by atoms with van der Waals surface area (Å²) in [6.07, 6.45) is 1.33. The van der Waals surface area contributed by atoms with E-state index in [0.29, 0.717) is 31.5 Å². The van der Waals surface area contributed by atoms with Gasteiger partial charge in [0, 0.05) is 30.8 Å². The van der Waals surface area contributed by atoms with E-state index in [2.05, 4.69) is 10.3 Å². The van der Waals surface area contributed by atoms with Crippen molar-refractivity contribution in [3.8, 4) is 0 Å². The number of alkyl carbamates (subject to hydrolysis) is 1. The molecular weight excluding hydrogens is 422 g/mol. The van der Waals surface area contributed by atoms with Crippen molar-refractivity contribution < 1.29 is 23.9 Å². The molecule has 1 atom stereocenters. The van der Waals surface area contributed by atoms with Crippen LogP contribution in [0, 0.1) is 5.92 Å². The van der Waals surface area contributed by atoms with Crippen LogP contribution in [0.3, 0.4) is 0 Å². The Bertz CT molecular complexity index is 808. The molecule has 0 unspecified atom stereocenters. The summed E-state index contributed by atoms with van der Waals surface area (Å²) in [6, 6.07) is 2.32. The minimum Gasteiger partial charge on any atom is -0.444 e. The standard InChI is InChI=1S/C22H32ClN3O5/c1-21(2,3)30-19(28)25-16(15-8-7-11-24-18(15)23)17(27)14-9-12-26(13-10-14)20(29)31-22(4,5)6/h7-8,11,14,16H,9-10,12-13H2,1-6H3,(H,25,28)/t16-/m1/s1. The Morgan fingerprint density at radius 1 is 1.10 bits per heavy atom. The maximum absolute atomic E-state index is 13.4. The lowest BCUT2D eigenvalue weighted by atomic mass is 9.87. The number of ether oxygens (including phenoxy) is 2. The third kappa shape index (κ3) is 7.69. The Labute approximate surface area is 188 Å². The predicted molar refractivity (Wildman–Crippen MR) is 117 cm³/mol. The summed E-state index contributed by atoms with van der Waals surface area (Å²) < 4.78 is 10.7. The number of carbonyl (C=O) groups is 3. The van der Waals surface area contributed by atoms with Crippen LogP contribution in [0.25, 0.3) is 0 Å². The van der Waals surface area contributed by atoms with E-state index in [1.165, 1.54) is 6.20 Å². The van der Waals surface area contributed by atoms with Crippen molar-refractivity contribution in [3.63, 3.8) is 0 Å². The monoisotopic (exact) mass is 453 g/mol. The number of likely N-dealkylation sites (tertiary alicyclic amines) is 1. The topological polar surface area (TPSA) is 97.8 Å². The van der Waals surface area contributed by atoms with Crippen molar-refractivity contribution in [2.24, 2.45) is 5.92 Å². The van der Waals surface area contributed by atoms with Crippen LogP contribution in [0.5, 0.6) is 0 Å². The van der Waals surface area contributed by atoms with E-state index in [0.717, 1.165) is 0 Å². The van der Waals surface area contributed by atoms with Gasteiger partial charge < -0.3 is 19.7 Å². The van der Waals surface area contributed by atoms with E-state index >= 15 is 0 Å². The lowest BCUT2D eigenvalue weighted by Gasteiger charge is -2.34.